The van der Waals surface area contributed by atoms with Crippen LogP contribution in [-0.4, -0.2) is 19.7 Å². The lowest BCUT2D eigenvalue weighted by Crippen LogP contribution is -2.21. The fraction of sp³-hybridized carbons (Fsp3) is 0.545. The van der Waals surface area contributed by atoms with Gasteiger partial charge in [-0.25, -0.2) is 13.1 Å². The van der Waals surface area contributed by atoms with Crippen LogP contribution in [-0.2, 0) is 22.0 Å². The molecule has 0 aliphatic rings. The van der Waals surface area contributed by atoms with E-state index in [1.165, 1.54) is 0 Å². The van der Waals surface area contributed by atoms with Crippen molar-refractivity contribution >= 4 is 10.0 Å². The average Bonchev–Trinajstić information content (AvgIpc) is 2.13. The molecule has 0 aliphatic carbocycles. The van der Waals surface area contributed by atoms with Crippen LogP contribution in [0.15, 0.2) is 18.3 Å². The summed E-state index contributed by atoms with van der Waals surface area (Å²) in [7, 11) is -3.14. The van der Waals surface area contributed by atoms with Crippen molar-refractivity contribution < 1.29 is 9.84 Å². The molecule has 0 unspecified atom stereocenters. The second-order valence-electron chi connectivity index (χ2n) is 4.89. The average molecular weight is 244 g/mol. The summed E-state index contributed by atoms with van der Waals surface area (Å²) in [6.07, 6.45) is 2.85. The minimum absolute atomic E-state index is 0. The highest BCUT2D eigenvalue weighted by Gasteiger charge is 2.14. The molecule has 0 saturated carbocycles. The summed E-state index contributed by atoms with van der Waals surface area (Å²) in [6.45, 7) is 6.55. The molecule has 4 nitrogen and oxygen atoms in total. The Bertz CT molecular complexity index is 449. The van der Waals surface area contributed by atoms with Gasteiger partial charge in [-0.15, -0.1) is 0 Å². The maximum absolute atomic E-state index is 10.9. The molecular formula is C11H20N2O2S. The SMILES string of the molecule is CC(C)(C)c1ccc(CNS(C)(=O)=O)cn1.[HH]. The van der Waals surface area contributed by atoms with E-state index in [1.807, 2.05) is 12.1 Å². The number of hydrogen-bond donors (Lipinski definition) is 1. The van der Waals surface area contributed by atoms with Crippen LogP contribution in [0.2, 0.25) is 0 Å². The van der Waals surface area contributed by atoms with Crippen LogP contribution in [0.1, 0.15) is 33.5 Å². The van der Waals surface area contributed by atoms with E-state index in [4.69, 9.17) is 0 Å². The van der Waals surface area contributed by atoms with Crippen molar-refractivity contribution in [3.8, 4) is 0 Å². The van der Waals surface area contributed by atoms with Crippen LogP contribution in [0.25, 0.3) is 0 Å². The maximum Gasteiger partial charge on any atom is 0.209 e. The summed E-state index contributed by atoms with van der Waals surface area (Å²) in [6, 6.07) is 3.82. The van der Waals surface area contributed by atoms with E-state index < -0.39 is 10.0 Å². The van der Waals surface area contributed by atoms with Crippen molar-refractivity contribution in [2.75, 3.05) is 6.26 Å². The Morgan fingerprint density at radius 2 is 2.00 bits per heavy atom. The number of sulfonamides is 1. The summed E-state index contributed by atoms with van der Waals surface area (Å²) in [4.78, 5) is 4.32. The van der Waals surface area contributed by atoms with Gasteiger partial charge in [0.25, 0.3) is 0 Å². The highest BCUT2D eigenvalue weighted by Crippen LogP contribution is 2.19. The predicted molar refractivity (Wildman–Crippen MR) is 66.7 cm³/mol. The van der Waals surface area contributed by atoms with Crippen LogP contribution in [0.3, 0.4) is 0 Å². The molecule has 92 valence electrons. The van der Waals surface area contributed by atoms with Gasteiger partial charge >= 0.3 is 0 Å². The van der Waals surface area contributed by atoms with E-state index in [2.05, 4.69) is 30.5 Å². The number of pyridine rings is 1. The van der Waals surface area contributed by atoms with Gasteiger partial charge in [0.2, 0.25) is 10.0 Å². The van der Waals surface area contributed by atoms with Crippen molar-refractivity contribution in [1.82, 2.24) is 9.71 Å². The topological polar surface area (TPSA) is 59.1 Å². The summed E-state index contributed by atoms with van der Waals surface area (Å²) < 4.78 is 24.2. The predicted octanol–water partition coefficient (Wildman–Crippen LogP) is 1.67. The highest BCUT2D eigenvalue weighted by atomic mass is 32.2. The summed E-state index contributed by atoms with van der Waals surface area (Å²) in [5, 5.41) is 0. The van der Waals surface area contributed by atoms with Crippen molar-refractivity contribution in [1.29, 1.82) is 0 Å². The standard InChI is InChI=1S/C11H18N2O2S.H2/c1-11(2,3)10-6-5-9(7-12-10)8-13-16(4,14)15;/h5-7,13H,8H2,1-4H3;1H. The second kappa shape index (κ2) is 4.51. The summed E-state index contributed by atoms with van der Waals surface area (Å²) in [5.41, 5.74) is 1.87. The Kier molecular flexibility index (Phi) is 3.70. The first-order chi connectivity index (χ1) is 7.18. The molecule has 0 spiro atoms. The quantitative estimate of drug-likeness (QED) is 0.880. The van der Waals surface area contributed by atoms with Gasteiger partial charge < -0.3 is 0 Å². The van der Waals surface area contributed by atoms with E-state index in [0.29, 0.717) is 0 Å². The van der Waals surface area contributed by atoms with E-state index in [1.54, 1.807) is 6.20 Å². The number of rotatable bonds is 3. The van der Waals surface area contributed by atoms with Crippen molar-refractivity contribution in [3.05, 3.63) is 29.6 Å². The summed E-state index contributed by atoms with van der Waals surface area (Å²) in [5.74, 6) is 0. The molecule has 1 aromatic rings. The Labute approximate surface area is 98.6 Å². The third-order valence-corrected chi connectivity index (χ3v) is 2.80. The van der Waals surface area contributed by atoms with Crippen LogP contribution >= 0.6 is 0 Å². The molecule has 0 atom stereocenters. The van der Waals surface area contributed by atoms with Crippen LogP contribution in [0.4, 0.5) is 0 Å². The van der Waals surface area contributed by atoms with E-state index >= 15 is 0 Å². The third kappa shape index (κ3) is 4.28. The molecular weight excluding hydrogens is 224 g/mol. The first kappa shape index (κ1) is 13.1. The molecule has 1 heterocycles. The molecule has 1 aromatic heterocycles. The largest absolute Gasteiger partial charge is 0.260 e. The molecule has 0 saturated heterocycles. The lowest BCUT2D eigenvalue weighted by atomic mass is 9.91. The normalized spacial score (nSPS) is 12.8. The van der Waals surface area contributed by atoms with Crippen LogP contribution in [0, 0.1) is 0 Å². The molecule has 1 rings (SSSR count). The van der Waals surface area contributed by atoms with Gasteiger partial charge in [0, 0.05) is 25.3 Å². The smallest absolute Gasteiger partial charge is 0.209 e. The van der Waals surface area contributed by atoms with Gasteiger partial charge in [-0.05, 0) is 11.6 Å². The van der Waals surface area contributed by atoms with Gasteiger partial charge in [0.15, 0.2) is 0 Å². The molecule has 0 aromatic carbocycles. The zero-order valence-electron chi connectivity index (χ0n) is 10.1. The maximum atomic E-state index is 10.9. The molecule has 5 heteroatoms. The van der Waals surface area contributed by atoms with Gasteiger partial charge in [0.05, 0.1) is 6.26 Å². The Hall–Kier alpha value is -0.940. The van der Waals surface area contributed by atoms with Crippen molar-refractivity contribution in [3.63, 3.8) is 0 Å². The fourth-order valence-corrected chi connectivity index (χ4v) is 1.62. The van der Waals surface area contributed by atoms with Crippen molar-refractivity contribution in [2.24, 2.45) is 0 Å². The Balaban J connectivity index is 0.00000256. The third-order valence-electron chi connectivity index (χ3n) is 2.13. The molecule has 0 amide bonds. The number of hydrogen-bond acceptors (Lipinski definition) is 3. The molecule has 1 N–H and O–H groups in total. The summed E-state index contributed by atoms with van der Waals surface area (Å²) >= 11 is 0. The zero-order chi connectivity index (χ0) is 12.4. The minimum Gasteiger partial charge on any atom is -0.260 e. The van der Waals surface area contributed by atoms with Gasteiger partial charge in [-0.3, -0.25) is 4.98 Å². The zero-order valence-corrected chi connectivity index (χ0v) is 10.9. The Morgan fingerprint density at radius 1 is 1.38 bits per heavy atom. The number of aromatic nitrogens is 1. The molecule has 0 radical (unpaired) electrons. The van der Waals surface area contributed by atoms with Crippen LogP contribution < -0.4 is 4.72 Å². The lowest BCUT2D eigenvalue weighted by molar-refractivity contribution is 0.567. The van der Waals surface area contributed by atoms with Gasteiger partial charge in [-0.1, -0.05) is 26.8 Å². The van der Waals surface area contributed by atoms with Crippen LogP contribution in [0.5, 0.6) is 0 Å². The monoisotopic (exact) mass is 244 g/mol. The molecule has 0 bridgehead atoms. The minimum atomic E-state index is -3.14. The Morgan fingerprint density at radius 3 is 2.38 bits per heavy atom. The number of nitrogens with zero attached hydrogens (tertiary/aromatic N) is 1. The van der Waals surface area contributed by atoms with Crippen molar-refractivity contribution in [2.45, 2.75) is 32.7 Å². The van der Waals surface area contributed by atoms with E-state index in [-0.39, 0.29) is 13.4 Å². The van der Waals surface area contributed by atoms with E-state index in [9.17, 15) is 8.42 Å². The fourth-order valence-electron chi connectivity index (χ4n) is 1.19. The van der Waals surface area contributed by atoms with Gasteiger partial charge in [0.1, 0.15) is 0 Å². The lowest BCUT2D eigenvalue weighted by Gasteiger charge is -2.17. The first-order valence-electron chi connectivity index (χ1n) is 5.08. The molecule has 0 fully saturated rings. The molecule has 16 heavy (non-hydrogen) atoms. The number of nitrogens with one attached hydrogen (secondary N) is 1. The highest BCUT2D eigenvalue weighted by molar-refractivity contribution is 7.88. The second-order valence-corrected chi connectivity index (χ2v) is 6.73. The molecule has 0 aliphatic heterocycles. The first-order valence-corrected chi connectivity index (χ1v) is 6.98. The van der Waals surface area contributed by atoms with E-state index in [0.717, 1.165) is 17.5 Å². The van der Waals surface area contributed by atoms with Gasteiger partial charge in [-0.2, -0.15) is 0 Å².